The van der Waals surface area contributed by atoms with E-state index in [1.54, 1.807) is 6.07 Å². The lowest BCUT2D eigenvalue weighted by molar-refractivity contribution is -0.142. The summed E-state index contributed by atoms with van der Waals surface area (Å²) in [5, 5.41) is 11.0. The molecule has 140 valence electrons. The molecule has 1 heterocycles. The number of halogens is 1. The molecular weight excluding hydrogens is 364 g/mol. The highest BCUT2D eigenvalue weighted by Crippen LogP contribution is 2.38. The predicted octanol–water partition coefficient (Wildman–Crippen LogP) is 2.55. The fraction of sp³-hybridized carbons (Fsp3) is 0.588. The minimum absolute atomic E-state index is 0.0326. The van der Waals surface area contributed by atoms with Gasteiger partial charge in [0, 0.05) is 38.5 Å². The Morgan fingerprint density at radius 1 is 1.28 bits per heavy atom. The molecule has 0 aliphatic carbocycles. The second-order valence-electron chi connectivity index (χ2n) is 6.32. The first-order chi connectivity index (χ1) is 11.7. The van der Waals surface area contributed by atoms with Gasteiger partial charge >= 0.3 is 0 Å². The Hall–Kier alpha value is -1.15. The summed E-state index contributed by atoms with van der Waals surface area (Å²) in [5.74, 6) is -0.180. The van der Waals surface area contributed by atoms with E-state index in [0.29, 0.717) is 31.5 Å². The van der Waals surface area contributed by atoms with E-state index in [0.717, 1.165) is 0 Å². The molecule has 1 amide bonds. The Kier molecular flexibility index (Phi) is 6.14. The van der Waals surface area contributed by atoms with Gasteiger partial charge in [0.1, 0.15) is 4.90 Å². The van der Waals surface area contributed by atoms with E-state index < -0.39 is 15.7 Å². The van der Waals surface area contributed by atoms with Gasteiger partial charge in [-0.3, -0.25) is 4.79 Å². The fourth-order valence-electron chi connectivity index (χ4n) is 3.10. The number of nitrogens with zero attached hydrogens (tertiary/aromatic N) is 2. The molecule has 2 rings (SSSR count). The highest BCUT2D eigenvalue weighted by Gasteiger charge is 2.43. The number of amides is 1. The quantitative estimate of drug-likeness (QED) is 0.778. The molecule has 6 nitrogen and oxygen atoms in total. The van der Waals surface area contributed by atoms with Crippen molar-refractivity contribution in [3.8, 4) is 0 Å². The first-order valence-electron chi connectivity index (χ1n) is 8.47. The largest absolute Gasteiger partial charge is 0.367 e. The Morgan fingerprint density at radius 3 is 2.36 bits per heavy atom. The van der Waals surface area contributed by atoms with E-state index >= 15 is 0 Å². The number of hydrogen-bond donors (Lipinski definition) is 1. The van der Waals surface area contributed by atoms with Gasteiger partial charge in [0.15, 0.2) is 5.72 Å². The van der Waals surface area contributed by atoms with Crippen LogP contribution in [0.15, 0.2) is 23.1 Å². The summed E-state index contributed by atoms with van der Waals surface area (Å²) in [6.07, 6.45) is 1.82. The normalized spacial score (nSPS) is 21.4. The summed E-state index contributed by atoms with van der Waals surface area (Å²) < 4.78 is 27.5. The maximum atomic E-state index is 13.0. The molecule has 1 N–H and O–H groups in total. The Bertz CT molecular complexity index is 747. The molecule has 8 heteroatoms. The van der Waals surface area contributed by atoms with E-state index in [4.69, 9.17) is 11.6 Å². The third kappa shape index (κ3) is 3.69. The second kappa shape index (κ2) is 7.61. The lowest BCUT2D eigenvalue weighted by Crippen LogP contribution is -2.40. The number of benzene rings is 1. The van der Waals surface area contributed by atoms with E-state index in [-0.39, 0.29) is 28.7 Å². The summed E-state index contributed by atoms with van der Waals surface area (Å²) in [4.78, 5) is 13.0. The monoisotopic (exact) mass is 388 g/mol. The van der Waals surface area contributed by atoms with Gasteiger partial charge in [-0.15, -0.1) is 0 Å². The van der Waals surface area contributed by atoms with Gasteiger partial charge in [-0.25, -0.2) is 8.42 Å². The van der Waals surface area contributed by atoms with Crippen LogP contribution in [0.2, 0.25) is 5.02 Å². The first kappa shape index (κ1) is 20.2. The van der Waals surface area contributed by atoms with Gasteiger partial charge in [-0.1, -0.05) is 31.5 Å². The second-order valence-corrected chi connectivity index (χ2v) is 8.63. The van der Waals surface area contributed by atoms with Crippen LogP contribution in [0.1, 0.15) is 45.1 Å². The highest BCUT2D eigenvalue weighted by atomic mass is 35.5. The van der Waals surface area contributed by atoms with E-state index in [1.807, 2.05) is 13.8 Å². The van der Waals surface area contributed by atoms with Gasteiger partial charge in [-0.05, 0) is 25.0 Å². The fourth-order valence-corrected chi connectivity index (χ4v) is 5.23. The number of hydrogen-bond acceptors (Lipinski definition) is 4. The number of sulfonamides is 1. The molecule has 1 saturated heterocycles. The molecular formula is C17H25ClN2O4S. The molecule has 1 unspecified atom stereocenters. The number of aliphatic hydroxyl groups is 1. The van der Waals surface area contributed by atoms with Gasteiger partial charge < -0.3 is 10.0 Å². The van der Waals surface area contributed by atoms with Crippen molar-refractivity contribution in [2.75, 3.05) is 20.1 Å². The van der Waals surface area contributed by atoms with Crippen molar-refractivity contribution in [1.29, 1.82) is 0 Å². The molecule has 1 aliphatic rings. The third-order valence-electron chi connectivity index (χ3n) is 4.57. The molecule has 0 bridgehead atoms. The van der Waals surface area contributed by atoms with Crippen LogP contribution in [0, 0.1) is 0 Å². The zero-order chi connectivity index (χ0) is 18.8. The smallest absolute Gasteiger partial charge is 0.244 e. The summed E-state index contributed by atoms with van der Waals surface area (Å²) in [7, 11) is -2.27. The summed E-state index contributed by atoms with van der Waals surface area (Å²) in [6.45, 7) is 4.63. The molecule has 25 heavy (non-hydrogen) atoms. The molecule has 1 aromatic carbocycles. The lowest BCUT2D eigenvalue weighted by atomic mass is 10.0. The maximum absolute atomic E-state index is 13.0. The third-order valence-corrected chi connectivity index (χ3v) is 6.95. The minimum atomic E-state index is -3.78. The number of carbonyl (C=O) groups excluding carboxylic acids is 1. The van der Waals surface area contributed by atoms with Crippen molar-refractivity contribution in [3.63, 3.8) is 0 Å². The number of likely N-dealkylation sites (tertiary alicyclic amines) is 1. The van der Waals surface area contributed by atoms with E-state index in [2.05, 4.69) is 0 Å². The highest BCUT2D eigenvalue weighted by molar-refractivity contribution is 7.89. The van der Waals surface area contributed by atoms with E-state index in [1.165, 1.54) is 28.4 Å². The predicted molar refractivity (Wildman–Crippen MR) is 96.7 cm³/mol. The molecule has 0 radical (unpaired) electrons. The van der Waals surface area contributed by atoms with E-state index in [9.17, 15) is 18.3 Å². The van der Waals surface area contributed by atoms with Crippen LogP contribution in [0.4, 0.5) is 0 Å². The molecule has 1 aromatic rings. The number of rotatable bonds is 7. The summed E-state index contributed by atoms with van der Waals surface area (Å²) in [5.41, 5.74) is -1.15. The van der Waals surface area contributed by atoms with Crippen LogP contribution < -0.4 is 0 Å². The SMILES string of the molecule is CCCN(CCC)S(=O)(=O)c1cc(C2(O)CCC(=O)N2C)ccc1Cl. The van der Waals surface area contributed by atoms with Gasteiger partial charge in [-0.2, -0.15) is 4.31 Å². The lowest BCUT2D eigenvalue weighted by Gasteiger charge is -2.31. The number of carbonyl (C=O) groups is 1. The van der Waals surface area contributed by atoms with Gasteiger partial charge in [0.25, 0.3) is 0 Å². The van der Waals surface area contributed by atoms with Crippen LogP contribution in [0.3, 0.4) is 0 Å². The van der Waals surface area contributed by atoms with Gasteiger partial charge in [0.05, 0.1) is 5.02 Å². The zero-order valence-corrected chi connectivity index (χ0v) is 16.4. The Labute approximate surface area is 154 Å². The van der Waals surface area contributed by atoms with Crippen molar-refractivity contribution in [1.82, 2.24) is 9.21 Å². The average molecular weight is 389 g/mol. The average Bonchev–Trinajstić information content (AvgIpc) is 2.83. The van der Waals surface area contributed by atoms with Crippen molar-refractivity contribution < 1.29 is 18.3 Å². The van der Waals surface area contributed by atoms with Crippen LogP contribution in [0.5, 0.6) is 0 Å². The van der Waals surface area contributed by atoms with Crippen molar-refractivity contribution >= 4 is 27.5 Å². The van der Waals surface area contributed by atoms with Gasteiger partial charge in [0.2, 0.25) is 15.9 Å². The first-order valence-corrected chi connectivity index (χ1v) is 10.3. The molecule has 1 fully saturated rings. The van der Waals surface area contributed by atoms with Crippen LogP contribution in [-0.2, 0) is 20.5 Å². The topological polar surface area (TPSA) is 77.9 Å². The minimum Gasteiger partial charge on any atom is -0.367 e. The zero-order valence-electron chi connectivity index (χ0n) is 14.8. The Morgan fingerprint density at radius 2 is 1.88 bits per heavy atom. The maximum Gasteiger partial charge on any atom is 0.244 e. The van der Waals surface area contributed by atoms with Crippen molar-refractivity contribution in [3.05, 3.63) is 28.8 Å². The summed E-state index contributed by atoms with van der Waals surface area (Å²) >= 11 is 6.17. The van der Waals surface area contributed by atoms with Crippen LogP contribution in [0.25, 0.3) is 0 Å². The molecule has 1 aliphatic heterocycles. The molecule has 0 saturated carbocycles. The summed E-state index contributed by atoms with van der Waals surface area (Å²) in [6, 6.07) is 4.43. The van der Waals surface area contributed by atoms with Crippen molar-refractivity contribution in [2.45, 2.75) is 50.2 Å². The van der Waals surface area contributed by atoms with Crippen LogP contribution in [-0.4, -0.2) is 48.8 Å². The van der Waals surface area contributed by atoms with Crippen molar-refractivity contribution in [2.24, 2.45) is 0 Å². The standard InChI is InChI=1S/C17H25ClN2O4S/c1-4-10-20(11-5-2)25(23,24)15-12-13(6-7-14(15)18)17(22)9-8-16(21)19(17)3/h6-7,12,22H,4-5,8-11H2,1-3H3. The van der Waals surface area contributed by atoms with Crippen LogP contribution >= 0.6 is 11.6 Å². The molecule has 0 spiro atoms. The molecule has 1 atom stereocenters. The molecule has 0 aromatic heterocycles. The Balaban J connectivity index is 2.51.